The first-order chi connectivity index (χ1) is 7.93. The van der Waals surface area contributed by atoms with Crippen LogP contribution < -0.4 is 5.73 Å². The Morgan fingerprint density at radius 3 is 2.33 bits per heavy atom. The van der Waals surface area contributed by atoms with Crippen molar-refractivity contribution in [1.82, 2.24) is 0 Å². The van der Waals surface area contributed by atoms with Gasteiger partial charge in [-0.25, -0.2) is 0 Å². The summed E-state index contributed by atoms with van der Waals surface area (Å²) in [6.07, 6.45) is 1.34. The van der Waals surface area contributed by atoms with Crippen LogP contribution in [0.4, 0.5) is 0 Å². The lowest BCUT2D eigenvalue weighted by Crippen LogP contribution is -2.27. The molecule has 0 aliphatic rings. The molecular weight excluding hydrogens is 246 g/mol. The fraction of sp³-hybridized carbons (Fsp3) is 0.600. The molecule has 1 aromatic carbocycles. The summed E-state index contributed by atoms with van der Waals surface area (Å²) >= 11 is 0. The molecule has 0 saturated carbocycles. The Morgan fingerprint density at radius 2 is 1.78 bits per heavy atom. The summed E-state index contributed by atoms with van der Waals surface area (Å²) in [5.41, 5.74) is 9.64. The molecule has 0 fully saturated rings. The van der Waals surface area contributed by atoms with Crippen LogP contribution in [0.2, 0.25) is 0 Å². The predicted octanol–water partition coefficient (Wildman–Crippen LogP) is 3.52. The van der Waals surface area contributed by atoms with Crippen molar-refractivity contribution in [3.05, 3.63) is 34.9 Å². The topological polar surface area (TPSA) is 46.2 Å². The third-order valence-corrected chi connectivity index (χ3v) is 3.46. The first-order valence-electron chi connectivity index (χ1n) is 6.43. The fourth-order valence-electron chi connectivity index (χ4n) is 2.03. The Kier molecular flexibility index (Phi) is 7.53. The van der Waals surface area contributed by atoms with E-state index in [9.17, 15) is 5.11 Å². The van der Waals surface area contributed by atoms with Gasteiger partial charge in [0.25, 0.3) is 0 Å². The van der Waals surface area contributed by atoms with Gasteiger partial charge in [0.1, 0.15) is 0 Å². The monoisotopic (exact) mass is 271 g/mol. The van der Waals surface area contributed by atoms with Crippen molar-refractivity contribution in [1.29, 1.82) is 0 Å². The molecule has 0 saturated heterocycles. The van der Waals surface area contributed by atoms with Crippen molar-refractivity contribution >= 4 is 12.4 Å². The smallest absolute Gasteiger partial charge is 0.0733 e. The summed E-state index contributed by atoms with van der Waals surface area (Å²) < 4.78 is 0. The van der Waals surface area contributed by atoms with E-state index in [2.05, 4.69) is 33.8 Å². The standard InChI is InChI=1S/C15H25NO.ClH/c1-10(2)8-9-14(17)15(16)13-7-5-6-11(3)12(13)4;/h5-7,10,14-15,17H,8-9,16H2,1-4H3;1H/t14-,15+;/m1./s1. The largest absolute Gasteiger partial charge is 0.391 e. The molecule has 0 aliphatic carbocycles. The molecule has 3 N–H and O–H groups in total. The van der Waals surface area contributed by atoms with E-state index in [1.54, 1.807) is 0 Å². The predicted molar refractivity (Wildman–Crippen MR) is 80.2 cm³/mol. The van der Waals surface area contributed by atoms with Gasteiger partial charge in [-0.1, -0.05) is 32.0 Å². The second-order valence-corrected chi connectivity index (χ2v) is 5.35. The Bertz CT molecular complexity index is 366. The zero-order chi connectivity index (χ0) is 13.0. The number of hydrogen-bond donors (Lipinski definition) is 2. The summed E-state index contributed by atoms with van der Waals surface area (Å²) in [6.45, 7) is 8.47. The number of rotatable bonds is 5. The van der Waals surface area contributed by atoms with E-state index in [1.165, 1.54) is 11.1 Å². The average Bonchev–Trinajstić information content (AvgIpc) is 2.28. The van der Waals surface area contributed by atoms with E-state index in [0.29, 0.717) is 5.92 Å². The van der Waals surface area contributed by atoms with Crippen molar-refractivity contribution in [2.24, 2.45) is 11.7 Å². The van der Waals surface area contributed by atoms with Crippen molar-refractivity contribution < 1.29 is 5.11 Å². The van der Waals surface area contributed by atoms with Crippen molar-refractivity contribution in [3.63, 3.8) is 0 Å². The highest BCUT2D eigenvalue weighted by Crippen LogP contribution is 2.23. The van der Waals surface area contributed by atoms with Gasteiger partial charge in [0.2, 0.25) is 0 Å². The quantitative estimate of drug-likeness (QED) is 0.861. The molecule has 1 rings (SSSR count). The van der Waals surface area contributed by atoms with Crippen LogP contribution in [-0.2, 0) is 0 Å². The lowest BCUT2D eigenvalue weighted by molar-refractivity contribution is 0.128. The van der Waals surface area contributed by atoms with E-state index in [1.807, 2.05) is 12.1 Å². The molecule has 2 atom stereocenters. The lowest BCUT2D eigenvalue weighted by atomic mass is 9.92. The third kappa shape index (κ3) is 4.60. The Balaban J connectivity index is 0.00000289. The first kappa shape index (κ1) is 17.4. The lowest BCUT2D eigenvalue weighted by Gasteiger charge is -2.22. The Labute approximate surface area is 117 Å². The van der Waals surface area contributed by atoms with Gasteiger partial charge < -0.3 is 10.8 Å². The molecule has 0 amide bonds. The van der Waals surface area contributed by atoms with Crippen molar-refractivity contribution in [2.75, 3.05) is 0 Å². The van der Waals surface area contributed by atoms with Gasteiger partial charge in [0.05, 0.1) is 12.1 Å². The van der Waals surface area contributed by atoms with Gasteiger partial charge in [-0.2, -0.15) is 0 Å². The SMILES string of the molecule is Cc1cccc([C@H](N)[C@H](O)CCC(C)C)c1C.Cl. The number of aliphatic hydroxyl groups excluding tert-OH is 1. The van der Waals surface area contributed by atoms with E-state index in [4.69, 9.17) is 5.73 Å². The number of hydrogen-bond acceptors (Lipinski definition) is 2. The number of aliphatic hydroxyl groups is 1. The minimum Gasteiger partial charge on any atom is -0.391 e. The van der Waals surface area contributed by atoms with Crippen LogP contribution in [-0.4, -0.2) is 11.2 Å². The molecule has 3 heteroatoms. The zero-order valence-corrected chi connectivity index (χ0v) is 12.6. The van der Waals surface area contributed by atoms with Crippen LogP contribution >= 0.6 is 12.4 Å². The van der Waals surface area contributed by atoms with Crippen LogP contribution in [0.3, 0.4) is 0 Å². The zero-order valence-electron chi connectivity index (χ0n) is 11.8. The second-order valence-electron chi connectivity index (χ2n) is 5.35. The molecule has 0 aromatic heterocycles. The minimum atomic E-state index is -0.446. The first-order valence-corrected chi connectivity index (χ1v) is 6.43. The number of halogens is 1. The average molecular weight is 272 g/mol. The van der Waals surface area contributed by atoms with Crippen molar-refractivity contribution in [3.8, 4) is 0 Å². The highest BCUT2D eigenvalue weighted by atomic mass is 35.5. The minimum absolute atomic E-state index is 0. The molecule has 0 heterocycles. The van der Waals surface area contributed by atoms with Crippen LogP contribution in [0, 0.1) is 19.8 Å². The van der Waals surface area contributed by atoms with Crippen LogP contribution in [0.5, 0.6) is 0 Å². The Morgan fingerprint density at radius 1 is 1.17 bits per heavy atom. The molecule has 104 valence electrons. The maximum absolute atomic E-state index is 10.1. The van der Waals surface area contributed by atoms with Gasteiger partial charge >= 0.3 is 0 Å². The highest BCUT2D eigenvalue weighted by Gasteiger charge is 2.19. The normalized spacial score (nSPS) is 14.2. The third-order valence-electron chi connectivity index (χ3n) is 3.46. The number of nitrogens with two attached hydrogens (primary N) is 1. The summed E-state index contributed by atoms with van der Waals surface area (Å²) in [4.78, 5) is 0. The fourth-order valence-corrected chi connectivity index (χ4v) is 2.03. The molecule has 2 nitrogen and oxygen atoms in total. The van der Waals surface area contributed by atoms with Gasteiger partial charge in [-0.15, -0.1) is 12.4 Å². The van der Waals surface area contributed by atoms with E-state index in [-0.39, 0.29) is 18.4 Å². The molecule has 18 heavy (non-hydrogen) atoms. The van der Waals surface area contributed by atoms with Crippen LogP contribution in [0.1, 0.15) is 49.4 Å². The van der Waals surface area contributed by atoms with E-state index in [0.717, 1.165) is 18.4 Å². The Hall–Kier alpha value is -0.570. The number of aryl methyl sites for hydroxylation is 1. The maximum atomic E-state index is 10.1. The second kappa shape index (κ2) is 7.78. The van der Waals surface area contributed by atoms with Gasteiger partial charge in [0, 0.05) is 0 Å². The van der Waals surface area contributed by atoms with Gasteiger partial charge in [-0.3, -0.25) is 0 Å². The van der Waals surface area contributed by atoms with Gasteiger partial charge in [0.15, 0.2) is 0 Å². The molecule has 0 radical (unpaired) electrons. The summed E-state index contributed by atoms with van der Waals surface area (Å²) in [7, 11) is 0. The van der Waals surface area contributed by atoms with Crippen LogP contribution in [0.25, 0.3) is 0 Å². The molecule has 0 spiro atoms. The van der Waals surface area contributed by atoms with Gasteiger partial charge in [-0.05, 0) is 49.3 Å². The number of benzene rings is 1. The molecule has 0 bridgehead atoms. The van der Waals surface area contributed by atoms with Crippen LogP contribution in [0.15, 0.2) is 18.2 Å². The summed E-state index contributed by atoms with van der Waals surface area (Å²) in [5.74, 6) is 0.607. The van der Waals surface area contributed by atoms with E-state index >= 15 is 0 Å². The highest BCUT2D eigenvalue weighted by molar-refractivity contribution is 5.85. The maximum Gasteiger partial charge on any atom is 0.0733 e. The van der Waals surface area contributed by atoms with Crippen molar-refractivity contribution in [2.45, 2.75) is 52.7 Å². The van der Waals surface area contributed by atoms with E-state index < -0.39 is 6.10 Å². The molecule has 0 unspecified atom stereocenters. The summed E-state index contributed by atoms with van der Waals surface area (Å²) in [5, 5.41) is 10.1. The molecular formula is C15H26ClNO. The molecule has 1 aromatic rings. The molecule has 0 aliphatic heterocycles. The summed E-state index contributed by atoms with van der Waals surface area (Å²) in [6, 6.07) is 5.83.